The number of amides is 1. The predicted molar refractivity (Wildman–Crippen MR) is 88.0 cm³/mol. The fourth-order valence-corrected chi connectivity index (χ4v) is 3.82. The first-order valence-corrected chi connectivity index (χ1v) is 8.64. The van der Waals surface area contributed by atoms with Crippen LogP contribution in [0.4, 0.5) is 0 Å². The number of hydrogen-bond acceptors (Lipinski definition) is 2. The molecule has 2 N–H and O–H groups in total. The smallest absolute Gasteiger partial charge is 0.319 e. The second-order valence-corrected chi connectivity index (χ2v) is 7.14. The number of carbonyl (C=O) groups is 2. The van der Waals surface area contributed by atoms with Gasteiger partial charge in [0.15, 0.2) is 0 Å². The molecule has 4 heteroatoms. The molecule has 0 heterocycles. The van der Waals surface area contributed by atoms with E-state index < -0.39 is 11.4 Å². The van der Waals surface area contributed by atoms with Crippen molar-refractivity contribution in [3.63, 3.8) is 0 Å². The molecule has 2 aliphatic rings. The molecule has 2 atom stereocenters. The summed E-state index contributed by atoms with van der Waals surface area (Å²) in [7, 11) is 0. The van der Waals surface area contributed by atoms with Gasteiger partial charge in [-0.3, -0.25) is 9.59 Å². The summed E-state index contributed by atoms with van der Waals surface area (Å²) in [6.07, 6.45) is 6.97. The van der Waals surface area contributed by atoms with Crippen LogP contribution < -0.4 is 5.32 Å². The zero-order chi connectivity index (χ0) is 16.4. The van der Waals surface area contributed by atoms with E-state index >= 15 is 0 Å². The topological polar surface area (TPSA) is 66.4 Å². The lowest BCUT2D eigenvalue weighted by Gasteiger charge is -2.22. The van der Waals surface area contributed by atoms with Crippen LogP contribution in [0.5, 0.6) is 0 Å². The first-order chi connectivity index (χ1) is 11.0. The number of benzene rings is 1. The van der Waals surface area contributed by atoms with Gasteiger partial charge >= 0.3 is 5.97 Å². The summed E-state index contributed by atoms with van der Waals surface area (Å²) >= 11 is 0. The molecule has 0 saturated heterocycles. The molecule has 1 aromatic carbocycles. The predicted octanol–water partition coefficient (Wildman–Crippen LogP) is 3.46. The van der Waals surface area contributed by atoms with E-state index in [1.165, 1.54) is 37.7 Å². The van der Waals surface area contributed by atoms with Gasteiger partial charge in [-0.05, 0) is 42.2 Å². The van der Waals surface area contributed by atoms with Crippen LogP contribution in [0.1, 0.15) is 62.5 Å². The van der Waals surface area contributed by atoms with E-state index in [4.69, 9.17) is 0 Å². The van der Waals surface area contributed by atoms with E-state index in [1.807, 2.05) is 19.1 Å². The highest BCUT2D eigenvalue weighted by Crippen LogP contribution is 2.52. The van der Waals surface area contributed by atoms with Crippen LogP contribution >= 0.6 is 0 Å². The van der Waals surface area contributed by atoms with E-state index in [0.717, 1.165) is 5.56 Å². The second-order valence-electron chi connectivity index (χ2n) is 7.14. The van der Waals surface area contributed by atoms with Crippen molar-refractivity contribution in [3.8, 4) is 0 Å². The summed E-state index contributed by atoms with van der Waals surface area (Å²) in [5.41, 5.74) is 1.21. The minimum Gasteiger partial charge on any atom is -0.480 e. The Morgan fingerprint density at radius 2 is 1.78 bits per heavy atom. The maximum absolute atomic E-state index is 12.2. The van der Waals surface area contributed by atoms with Gasteiger partial charge < -0.3 is 10.4 Å². The number of aliphatic carboxylic acids is 1. The number of carbonyl (C=O) groups excluding carboxylic acids is 1. The molecule has 1 aromatic rings. The Morgan fingerprint density at radius 1 is 1.17 bits per heavy atom. The highest BCUT2D eigenvalue weighted by molar-refractivity contribution is 6.05. The third-order valence-electron chi connectivity index (χ3n) is 5.61. The molecule has 0 bridgehead atoms. The molecule has 0 aliphatic heterocycles. The lowest BCUT2D eigenvalue weighted by molar-refractivity contribution is -0.149. The van der Waals surface area contributed by atoms with Gasteiger partial charge in [-0.2, -0.15) is 0 Å². The van der Waals surface area contributed by atoms with Gasteiger partial charge in [0.25, 0.3) is 0 Å². The molecule has 1 amide bonds. The largest absolute Gasteiger partial charge is 0.480 e. The highest BCUT2D eigenvalue weighted by atomic mass is 16.4. The summed E-state index contributed by atoms with van der Waals surface area (Å²) in [5.74, 6) is -0.757. The number of carboxylic acids is 1. The van der Waals surface area contributed by atoms with Crippen LogP contribution in [0.15, 0.2) is 24.3 Å². The first kappa shape index (κ1) is 16.0. The Hall–Kier alpha value is -1.84. The van der Waals surface area contributed by atoms with Crippen molar-refractivity contribution in [2.24, 2.45) is 11.3 Å². The maximum atomic E-state index is 12.2. The minimum absolute atomic E-state index is 0.0753. The number of carboxylic acid groups (broad SMARTS) is 1. The van der Waals surface area contributed by atoms with Crippen LogP contribution in [0.25, 0.3) is 0 Å². The van der Waals surface area contributed by atoms with Crippen LogP contribution in [0, 0.1) is 11.3 Å². The fraction of sp³-hybridized carbons (Fsp3) is 0.579. The summed E-state index contributed by atoms with van der Waals surface area (Å²) in [4.78, 5) is 23.5. The van der Waals surface area contributed by atoms with Crippen molar-refractivity contribution in [2.75, 3.05) is 0 Å². The third-order valence-corrected chi connectivity index (χ3v) is 5.61. The third kappa shape index (κ3) is 3.12. The molecule has 2 saturated carbocycles. The second kappa shape index (κ2) is 6.34. The summed E-state index contributed by atoms with van der Waals surface area (Å²) in [6.45, 7) is 2.21. The highest BCUT2D eigenvalue weighted by Gasteiger charge is 2.63. The molecule has 0 aromatic heterocycles. The van der Waals surface area contributed by atoms with E-state index in [2.05, 4.69) is 17.4 Å². The summed E-state index contributed by atoms with van der Waals surface area (Å²) < 4.78 is 0. The van der Waals surface area contributed by atoms with Crippen molar-refractivity contribution >= 4 is 11.9 Å². The van der Waals surface area contributed by atoms with Crippen LogP contribution in [-0.2, 0) is 16.1 Å². The average molecular weight is 315 g/mol. The van der Waals surface area contributed by atoms with Gasteiger partial charge in [-0.15, -0.1) is 0 Å². The Balaban J connectivity index is 1.56. The zero-order valence-electron chi connectivity index (χ0n) is 13.7. The molecule has 4 nitrogen and oxygen atoms in total. The maximum Gasteiger partial charge on any atom is 0.319 e. The van der Waals surface area contributed by atoms with Gasteiger partial charge in [0.05, 0.1) is 0 Å². The molecular formula is C19H25NO3. The molecular weight excluding hydrogens is 290 g/mol. The van der Waals surface area contributed by atoms with Gasteiger partial charge in [0, 0.05) is 6.54 Å². The average Bonchev–Trinajstić information content (AvgIpc) is 3.27. The van der Waals surface area contributed by atoms with Crippen LogP contribution in [0.2, 0.25) is 0 Å². The van der Waals surface area contributed by atoms with E-state index in [0.29, 0.717) is 18.9 Å². The van der Waals surface area contributed by atoms with Crippen molar-refractivity contribution in [2.45, 2.75) is 57.9 Å². The molecule has 0 radical (unpaired) electrons. The molecule has 3 rings (SSSR count). The van der Waals surface area contributed by atoms with Crippen LogP contribution in [0.3, 0.4) is 0 Å². The van der Waals surface area contributed by atoms with Crippen molar-refractivity contribution < 1.29 is 14.7 Å². The number of hydrogen-bond donors (Lipinski definition) is 2. The van der Waals surface area contributed by atoms with E-state index in [-0.39, 0.29) is 11.8 Å². The number of nitrogens with one attached hydrogen (secondary N) is 1. The van der Waals surface area contributed by atoms with Gasteiger partial charge in [-0.1, -0.05) is 50.5 Å². The Labute approximate surface area is 137 Å². The van der Waals surface area contributed by atoms with Gasteiger partial charge in [-0.25, -0.2) is 0 Å². The first-order valence-electron chi connectivity index (χ1n) is 8.64. The molecule has 124 valence electrons. The van der Waals surface area contributed by atoms with E-state index in [9.17, 15) is 14.7 Å². The monoisotopic (exact) mass is 315 g/mol. The minimum atomic E-state index is -1.19. The molecule has 2 fully saturated rings. The van der Waals surface area contributed by atoms with Gasteiger partial charge in [0.2, 0.25) is 5.91 Å². The quantitative estimate of drug-likeness (QED) is 0.818. The normalized spacial score (nSPS) is 27.4. The van der Waals surface area contributed by atoms with Crippen LogP contribution in [-0.4, -0.2) is 17.0 Å². The summed E-state index contributed by atoms with van der Waals surface area (Å²) in [5, 5.41) is 12.1. The lowest BCUT2D eigenvalue weighted by atomic mass is 9.84. The summed E-state index contributed by atoms with van der Waals surface area (Å²) in [6, 6.07) is 8.41. The van der Waals surface area contributed by atoms with E-state index in [1.54, 1.807) is 0 Å². The van der Waals surface area contributed by atoms with Gasteiger partial charge in [0.1, 0.15) is 5.41 Å². The van der Waals surface area contributed by atoms with Crippen molar-refractivity contribution in [3.05, 3.63) is 35.4 Å². The molecule has 2 aliphatic carbocycles. The van der Waals surface area contributed by atoms with Crippen molar-refractivity contribution in [1.29, 1.82) is 0 Å². The molecule has 0 spiro atoms. The molecule has 23 heavy (non-hydrogen) atoms. The van der Waals surface area contributed by atoms with Crippen molar-refractivity contribution in [1.82, 2.24) is 5.32 Å². The molecule has 2 unspecified atom stereocenters. The zero-order valence-corrected chi connectivity index (χ0v) is 13.7. The standard InChI is InChI=1S/C19H25NO3/c1-13-11-19(13,18(22)23)17(21)20-12-14-7-9-16(10-8-14)15-5-3-2-4-6-15/h7-10,13,15H,2-6,11-12H2,1H3,(H,20,21)(H,22,23). The fourth-order valence-electron chi connectivity index (χ4n) is 3.82. The SMILES string of the molecule is CC1CC1(C(=O)O)C(=O)NCc1ccc(C2CCCCC2)cc1. The Bertz CT molecular complexity index is 589. The lowest BCUT2D eigenvalue weighted by Crippen LogP contribution is -2.37. The Morgan fingerprint density at radius 3 is 2.30 bits per heavy atom. The Kier molecular flexibility index (Phi) is 4.42. The number of rotatable bonds is 5.